The number of anilines is 2. The van der Waals surface area contributed by atoms with Crippen molar-refractivity contribution in [3.05, 3.63) is 71.4 Å². The molecular weight excluding hydrogens is 426 g/mol. The van der Waals surface area contributed by atoms with Gasteiger partial charge in [-0.25, -0.2) is 9.78 Å². The Labute approximate surface area is 188 Å². The second-order valence-electron chi connectivity index (χ2n) is 8.08. The molecule has 1 aromatic heterocycles. The highest BCUT2D eigenvalue weighted by atomic mass is 16.6. The van der Waals surface area contributed by atoms with E-state index in [1.807, 2.05) is 30.3 Å². The molecule has 9 nitrogen and oxygen atoms in total. The van der Waals surface area contributed by atoms with Crippen LogP contribution in [0.25, 0.3) is 0 Å². The van der Waals surface area contributed by atoms with Crippen molar-refractivity contribution in [3.8, 4) is 17.2 Å². The molecule has 1 atom stereocenters. The fourth-order valence-corrected chi connectivity index (χ4v) is 4.75. The maximum Gasteiger partial charge on any atom is 0.410 e. The van der Waals surface area contributed by atoms with Crippen molar-refractivity contribution in [3.63, 3.8) is 0 Å². The first-order valence-corrected chi connectivity index (χ1v) is 10.5. The number of rotatable bonds is 3. The number of carbonyl (C=O) groups is 2. The summed E-state index contributed by atoms with van der Waals surface area (Å²) in [6, 6.07) is 14.7. The monoisotopic (exact) mass is 445 g/mol. The quantitative estimate of drug-likeness (QED) is 0.637. The third-order valence-corrected chi connectivity index (χ3v) is 6.21. The van der Waals surface area contributed by atoms with E-state index in [4.69, 9.17) is 19.3 Å². The van der Waals surface area contributed by atoms with E-state index in [1.165, 1.54) is 0 Å². The van der Waals surface area contributed by atoms with Gasteiger partial charge in [-0.05, 0) is 29.3 Å². The smallest absolute Gasteiger partial charge is 0.410 e. The number of nitrogens with zero attached hydrogens (tertiary/aromatic N) is 2. The second kappa shape index (κ2) is 7.13. The summed E-state index contributed by atoms with van der Waals surface area (Å²) in [6.45, 7) is 1.41. The summed E-state index contributed by atoms with van der Waals surface area (Å²) < 4.78 is 17.5. The van der Waals surface area contributed by atoms with Gasteiger partial charge in [0.1, 0.15) is 36.8 Å². The Morgan fingerprint density at radius 1 is 1.03 bits per heavy atom. The third-order valence-electron chi connectivity index (χ3n) is 6.21. The van der Waals surface area contributed by atoms with E-state index < -0.39 is 11.5 Å². The molecule has 2 N–H and O–H groups in total. The number of para-hydroxylation sites is 1. The molecular formula is C24H19N3O6. The topological polar surface area (TPSA) is 110 Å². The van der Waals surface area contributed by atoms with E-state index in [9.17, 15) is 9.59 Å². The highest BCUT2D eigenvalue weighted by Crippen LogP contribution is 2.54. The fourth-order valence-electron chi connectivity index (χ4n) is 4.75. The summed E-state index contributed by atoms with van der Waals surface area (Å²) in [6.07, 6.45) is 0.379. The Kier molecular flexibility index (Phi) is 4.19. The lowest BCUT2D eigenvalue weighted by atomic mass is 9.77. The van der Waals surface area contributed by atoms with E-state index in [-0.39, 0.29) is 24.9 Å². The molecule has 6 rings (SSSR count). The molecule has 2 aromatic carbocycles. The molecule has 0 bridgehead atoms. The number of benzene rings is 2. The van der Waals surface area contributed by atoms with Crippen LogP contribution in [0.5, 0.6) is 17.2 Å². The first-order chi connectivity index (χ1) is 16.1. The average molecular weight is 445 g/mol. The normalized spacial score (nSPS) is 19.8. The van der Waals surface area contributed by atoms with Crippen LogP contribution < -0.4 is 24.4 Å². The molecule has 0 fully saturated rings. The Morgan fingerprint density at radius 3 is 2.58 bits per heavy atom. The minimum atomic E-state index is -1.18. The van der Waals surface area contributed by atoms with Crippen LogP contribution in [0, 0.1) is 0 Å². The second-order valence-corrected chi connectivity index (χ2v) is 8.08. The van der Waals surface area contributed by atoms with Crippen LogP contribution in [0.1, 0.15) is 16.7 Å². The number of amides is 2. The minimum Gasteiger partial charge on any atom is -0.491 e. The molecule has 3 aliphatic heterocycles. The van der Waals surface area contributed by atoms with Crippen LogP contribution in [0.4, 0.5) is 16.3 Å². The van der Waals surface area contributed by atoms with Crippen LogP contribution in [-0.4, -0.2) is 41.9 Å². The van der Waals surface area contributed by atoms with Gasteiger partial charge in [-0.1, -0.05) is 24.3 Å². The summed E-state index contributed by atoms with van der Waals surface area (Å²) in [7, 11) is 0. The SMILES string of the molecule is O=C(O)Nc1ccc(CN2C(=O)C3(COc4cc5c(cc43)OCCO5)c3ccccc32)cn1. The molecule has 1 unspecified atom stereocenters. The molecule has 9 heteroatoms. The summed E-state index contributed by atoms with van der Waals surface area (Å²) in [5, 5.41) is 11.1. The van der Waals surface area contributed by atoms with Gasteiger partial charge in [-0.3, -0.25) is 10.1 Å². The third kappa shape index (κ3) is 2.89. The van der Waals surface area contributed by atoms with Crippen molar-refractivity contribution in [2.45, 2.75) is 12.0 Å². The molecule has 33 heavy (non-hydrogen) atoms. The van der Waals surface area contributed by atoms with E-state index in [2.05, 4.69) is 10.3 Å². The lowest BCUT2D eigenvalue weighted by Gasteiger charge is -2.24. The van der Waals surface area contributed by atoms with E-state index in [1.54, 1.807) is 29.3 Å². The molecule has 0 radical (unpaired) electrons. The van der Waals surface area contributed by atoms with Gasteiger partial charge in [-0.2, -0.15) is 0 Å². The molecule has 3 aliphatic rings. The molecule has 1 spiro atoms. The first kappa shape index (κ1) is 19.4. The lowest BCUT2D eigenvalue weighted by molar-refractivity contribution is -0.122. The van der Waals surface area contributed by atoms with Gasteiger partial charge < -0.3 is 24.2 Å². The zero-order chi connectivity index (χ0) is 22.6. The van der Waals surface area contributed by atoms with Gasteiger partial charge in [0.15, 0.2) is 11.5 Å². The average Bonchev–Trinajstić information content (AvgIpc) is 3.31. The van der Waals surface area contributed by atoms with Crippen LogP contribution in [0.15, 0.2) is 54.7 Å². The number of carboxylic acid groups (broad SMARTS) is 1. The van der Waals surface area contributed by atoms with Gasteiger partial charge in [-0.15, -0.1) is 0 Å². The van der Waals surface area contributed by atoms with Crippen molar-refractivity contribution in [1.29, 1.82) is 0 Å². The van der Waals surface area contributed by atoms with E-state index in [0.29, 0.717) is 30.5 Å². The van der Waals surface area contributed by atoms with Gasteiger partial charge in [0.25, 0.3) is 0 Å². The number of ether oxygens (including phenoxy) is 3. The Balaban J connectivity index is 1.40. The molecule has 0 saturated carbocycles. The predicted octanol–water partition coefficient (Wildman–Crippen LogP) is 3.17. The van der Waals surface area contributed by atoms with Crippen molar-refractivity contribution in [2.24, 2.45) is 0 Å². The number of aromatic nitrogens is 1. The molecule has 3 aromatic rings. The number of hydrogen-bond donors (Lipinski definition) is 2. The van der Waals surface area contributed by atoms with Gasteiger partial charge >= 0.3 is 6.09 Å². The van der Waals surface area contributed by atoms with Crippen LogP contribution in [0.2, 0.25) is 0 Å². The largest absolute Gasteiger partial charge is 0.491 e. The standard InChI is InChI=1S/C24H19N3O6/c28-22-24(13-33-18-10-20-19(9-16(18)24)31-7-8-32-20)15-3-1-2-4-17(15)27(22)12-14-5-6-21(25-11-14)26-23(29)30/h1-6,9-11H,7-8,12-13H2,(H,25,26)(H,29,30). The Morgan fingerprint density at radius 2 is 1.82 bits per heavy atom. The maximum atomic E-state index is 14.0. The van der Waals surface area contributed by atoms with Crippen molar-refractivity contribution in [2.75, 3.05) is 30.0 Å². The molecule has 2 amide bonds. The zero-order valence-electron chi connectivity index (χ0n) is 17.4. The minimum absolute atomic E-state index is 0.0909. The first-order valence-electron chi connectivity index (χ1n) is 10.5. The Hall–Kier alpha value is -4.27. The fraction of sp³-hybridized carbons (Fsp3) is 0.208. The van der Waals surface area contributed by atoms with Gasteiger partial charge in [0.2, 0.25) is 5.91 Å². The van der Waals surface area contributed by atoms with Crippen LogP contribution in [0.3, 0.4) is 0 Å². The van der Waals surface area contributed by atoms with Crippen LogP contribution >= 0.6 is 0 Å². The summed E-state index contributed by atoms with van der Waals surface area (Å²) >= 11 is 0. The maximum absolute atomic E-state index is 14.0. The van der Waals surface area contributed by atoms with Gasteiger partial charge in [0, 0.05) is 23.5 Å². The Bertz CT molecular complexity index is 1290. The molecule has 0 saturated heterocycles. The highest BCUT2D eigenvalue weighted by molar-refractivity contribution is 6.11. The molecule has 4 heterocycles. The van der Waals surface area contributed by atoms with Crippen molar-refractivity contribution < 1.29 is 28.9 Å². The van der Waals surface area contributed by atoms with Crippen molar-refractivity contribution >= 4 is 23.5 Å². The van der Waals surface area contributed by atoms with Crippen LogP contribution in [-0.2, 0) is 16.8 Å². The number of pyridine rings is 1. The summed E-state index contributed by atoms with van der Waals surface area (Å²) in [4.78, 5) is 30.7. The predicted molar refractivity (Wildman–Crippen MR) is 117 cm³/mol. The van der Waals surface area contributed by atoms with Gasteiger partial charge in [0.05, 0.1) is 6.54 Å². The van der Waals surface area contributed by atoms with E-state index in [0.717, 1.165) is 22.4 Å². The van der Waals surface area contributed by atoms with Crippen molar-refractivity contribution in [1.82, 2.24) is 4.98 Å². The molecule has 166 valence electrons. The molecule has 0 aliphatic carbocycles. The highest BCUT2D eigenvalue weighted by Gasteiger charge is 2.57. The summed E-state index contributed by atoms with van der Waals surface area (Å²) in [5.74, 6) is 1.98. The van der Waals surface area contributed by atoms with E-state index >= 15 is 0 Å². The number of nitrogens with one attached hydrogen (secondary N) is 1. The lowest BCUT2D eigenvalue weighted by Crippen LogP contribution is -2.42. The number of carbonyl (C=O) groups excluding carboxylic acids is 1. The number of hydrogen-bond acceptors (Lipinski definition) is 6. The summed E-state index contributed by atoms with van der Waals surface area (Å²) in [5.41, 5.74) is 2.25. The zero-order valence-corrected chi connectivity index (χ0v) is 17.4. The number of fused-ring (bicyclic) bond motifs is 5.